The number of fused-ring (bicyclic) bond motifs is 1. The molecule has 4 nitrogen and oxygen atoms in total. The number of rotatable bonds is 4. The number of nitrogen functional groups attached to an aromatic ring is 1. The number of carboxylic acid groups (broad SMARTS) is 1. The Morgan fingerprint density at radius 3 is 2.28 bits per heavy atom. The van der Waals surface area contributed by atoms with Gasteiger partial charge in [-0.05, 0) is 67.4 Å². The van der Waals surface area contributed by atoms with Crippen molar-refractivity contribution in [2.75, 3.05) is 5.73 Å². The zero-order valence-corrected chi connectivity index (χ0v) is 16.7. The summed E-state index contributed by atoms with van der Waals surface area (Å²) in [4.78, 5) is 17.1. The van der Waals surface area contributed by atoms with E-state index < -0.39 is 17.3 Å². The van der Waals surface area contributed by atoms with Crippen LogP contribution in [0.4, 0.5) is 10.1 Å². The van der Waals surface area contributed by atoms with Crippen LogP contribution in [0.5, 0.6) is 0 Å². The van der Waals surface area contributed by atoms with Gasteiger partial charge in [0.15, 0.2) is 0 Å². The van der Waals surface area contributed by atoms with E-state index in [0.29, 0.717) is 10.5 Å². The summed E-state index contributed by atoms with van der Waals surface area (Å²) in [5.74, 6) is -1.17. The number of hydrogen-bond acceptors (Lipinski definition) is 4. The van der Waals surface area contributed by atoms with Gasteiger partial charge in [-0.3, -0.25) is 4.79 Å². The fourth-order valence-electron chi connectivity index (χ4n) is 4.41. The van der Waals surface area contributed by atoms with Crippen LogP contribution in [0.3, 0.4) is 0 Å². The molecule has 0 spiro atoms. The second kappa shape index (κ2) is 6.66. The number of aliphatic carboxylic acids is 1. The Hall–Kier alpha value is -2.73. The first kappa shape index (κ1) is 18.3. The largest absolute Gasteiger partial charge is 0.481 e. The molecule has 2 aromatic rings. The summed E-state index contributed by atoms with van der Waals surface area (Å²) >= 11 is 1.44. The molecule has 29 heavy (non-hydrogen) atoms. The van der Waals surface area contributed by atoms with E-state index in [-0.39, 0.29) is 0 Å². The predicted octanol–water partition coefficient (Wildman–Crippen LogP) is 5.63. The van der Waals surface area contributed by atoms with Crippen LogP contribution in [-0.4, -0.2) is 16.1 Å². The van der Waals surface area contributed by atoms with Gasteiger partial charge < -0.3 is 10.8 Å². The summed E-state index contributed by atoms with van der Waals surface area (Å²) < 4.78 is 13.4. The van der Waals surface area contributed by atoms with Crippen LogP contribution in [0.25, 0.3) is 15.8 Å². The highest BCUT2D eigenvalue weighted by molar-refractivity contribution is 7.20. The van der Waals surface area contributed by atoms with Gasteiger partial charge in [-0.1, -0.05) is 29.9 Å². The minimum Gasteiger partial charge on any atom is -0.481 e. The summed E-state index contributed by atoms with van der Waals surface area (Å²) in [6, 6.07) is 3.04. The van der Waals surface area contributed by atoms with Gasteiger partial charge in [0.05, 0.1) is 16.0 Å². The van der Waals surface area contributed by atoms with E-state index in [2.05, 4.69) is 23.2 Å². The lowest BCUT2D eigenvalue weighted by molar-refractivity contribution is -0.141. The third-order valence-corrected chi connectivity index (χ3v) is 7.53. The van der Waals surface area contributed by atoms with Crippen molar-refractivity contribution < 1.29 is 14.3 Å². The summed E-state index contributed by atoms with van der Waals surface area (Å²) in [6.45, 7) is 0. The highest BCUT2D eigenvalue weighted by atomic mass is 32.1. The van der Waals surface area contributed by atoms with E-state index in [4.69, 9.17) is 5.73 Å². The fraction of sp³-hybridized carbons (Fsp3) is 0.304. The van der Waals surface area contributed by atoms with Crippen molar-refractivity contribution in [3.05, 3.63) is 64.0 Å². The highest BCUT2D eigenvalue weighted by Crippen LogP contribution is 2.54. The van der Waals surface area contributed by atoms with Gasteiger partial charge in [0.2, 0.25) is 5.95 Å². The summed E-state index contributed by atoms with van der Waals surface area (Å²) in [5, 5.41) is 10.3. The number of carboxylic acids is 1. The van der Waals surface area contributed by atoms with Gasteiger partial charge in [-0.25, -0.2) is 4.98 Å². The molecule has 0 radical (unpaired) electrons. The fourth-order valence-corrected chi connectivity index (χ4v) is 5.54. The second-order valence-corrected chi connectivity index (χ2v) is 8.99. The Labute approximate surface area is 171 Å². The lowest BCUT2D eigenvalue weighted by Gasteiger charge is -2.22. The van der Waals surface area contributed by atoms with Crippen molar-refractivity contribution >= 4 is 38.8 Å². The number of anilines is 1. The van der Waals surface area contributed by atoms with Crippen molar-refractivity contribution in [3.63, 3.8) is 0 Å². The number of thiophene rings is 1. The molecule has 148 valence electrons. The lowest BCUT2D eigenvalue weighted by atomic mass is 9.82. The van der Waals surface area contributed by atoms with Crippen molar-refractivity contribution in [2.24, 2.45) is 5.41 Å². The standard InChI is InChI=1S/C23H21FN2O2S/c24-18-10-9-17-19(25)20(29-21(17)26-18)15-3-1-13(2-4-15)14-5-7-16(8-6-14)23(11-12-23)22(27)28/h1,3,5,7,9-10H,2,4,6,8,11-12,25H2,(H,27,28). The number of allylic oxidation sites excluding steroid dienone is 7. The van der Waals surface area contributed by atoms with E-state index in [9.17, 15) is 14.3 Å². The molecule has 3 N–H and O–H groups in total. The molecule has 2 aromatic heterocycles. The van der Waals surface area contributed by atoms with Crippen LogP contribution in [-0.2, 0) is 4.79 Å². The summed E-state index contributed by atoms with van der Waals surface area (Å²) in [6.07, 6.45) is 13.4. The maximum atomic E-state index is 13.4. The Morgan fingerprint density at radius 2 is 1.69 bits per heavy atom. The van der Waals surface area contributed by atoms with Crippen LogP contribution in [0.2, 0.25) is 0 Å². The zero-order chi connectivity index (χ0) is 20.2. The van der Waals surface area contributed by atoms with E-state index in [1.807, 2.05) is 6.08 Å². The Morgan fingerprint density at radius 1 is 1.03 bits per heavy atom. The minimum atomic E-state index is -0.680. The number of halogens is 1. The maximum Gasteiger partial charge on any atom is 0.313 e. The van der Waals surface area contributed by atoms with Crippen molar-refractivity contribution in [1.82, 2.24) is 4.98 Å². The number of carbonyl (C=O) groups is 1. The molecular formula is C23H21FN2O2S. The van der Waals surface area contributed by atoms with E-state index in [1.54, 1.807) is 6.07 Å². The van der Waals surface area contributed by atoms with Gasteiger partial charge in [0.1, 0.15) is 4.83 Å². The Balaban J connectivity index is 1.41. The van der Waals surface area contributed by atoms with Crippen LogP contribution < -0.4 is 5.73 Å². The minimum absolute atomic E-state index is 0.488. The van der Waals surface area contributed by atoms with E-state index in [1.165, 1.54) is 28.5 Å². The lowest BCUT2D eigenvalue weighted by Crippen LogP contribution is -2.18. The second-order valence-electron chi connectivity index (χ2n) is 7.99. The first-order valence-electron chi connectivity index (χ1n) is 9.86. The molecule has 0 saturated heterocycles. The topological polar surface area (TPSA) is 76.2 Å². The van der Waals surface area contributed by atoms with Gasteiger partial charge in [0, 0.05) is 5.39 Å². The Kier molecular flexibility index (Phi) is 4.21. The van der Waals surface area contributed by atoms with Gasteiger partial charge in [-0.15, -0.1) is 11.3 Å². The number of pyridine rings is 1. The number of nitrogens with zero attached hydrogens (tertiary/aromatic N) is 1. The molecule has 1 fully saturated rings. The molecule has 0 unspecified atom stereocenters. The molecule has 5 rings (SSSR count). The third-order valence-electron chi connectivity index (χ3n) is 6.34. The quantitative estimate of drug-likeness (QED) is 0.643. The Bertz CT molecular complexity index is 1160. The van der Waals surface area contributed by atoms with Crippen molar-refractivity contribution in [2.45, 2.75) is 38.5 Å². The van der Waals surface area contributed by atoms with Crippen LogP contribution in [0.1, 0.15) is 43.4 Å². The summed E-state index contributed by atoms with van der Waals surface area (Å²) in [7, 11) is 0. The van der Waals surface area contributed by atoms with Gasteiger partial charge in [0.25, 0.3) is 0 Å². The SMILES string of the molecule is Nc1c(C2=CC=C(C3=CC=C(C4(C(=O)O)CC4)CC3)CC2)sc2nc(F)ccc12. The number of nitrogens with two attached hydrogens (primary N) is 1. The number of aromatic nitrogens is 1. The van der Waals surface area contributed by atoms with Gasteiger partial charge in [-0.2, -0.15) is 4.39 Å². The molecule has 0 amide bonds. The third kappa shape index (κ3) is 3.02. The molecule has 0 aliphatic heterocycles. The van der Waals surface area contributed by atoms with Crippen molar-refractivity contribution in [3.8, 4) is 0 Å². The zero-order valence-electron chi connectivity index (χ0n) is 15.9. The predicted molar refractivity (Wildman–Crippen MR) is 114 cm³/mol. The molecule has 0 bridgehead atoms. The molecule has 3 aliphatic rings. The molecule has 2 heterocycles. The molecule has 0 atom stereocenters. The molecule has 0 aromatic carbocycles. The first-order chi connectivity index (χ1) is 14.0. The monoisotopic (exact) mass is 408 g/mol. The van der Waals surface area contributed by atoms with Crippen LogP contribution >= 0.6 is 11.3 Å². The molecular weight excluding hydrogens is 387 g/mol. The molecule has 6 heteroatoms. The van der Waals surface area contributed by atoms with E-state index >= 15 is 0 Å². The normalized spacial score (nSPS) is 20.6. The average molecular weight is 408 g/mol. The average Bonchev–Trinajstić information content (AvgIpc) is 3.48. The molecule has 1 saturated carbocycles. The first-order valence-corrected chi connectivity index (χ1v) is 10.7. The van der Waals surface area contributed by atoms with Crippen LogP contribution in [0.15, 0.2) is 53.2 Å². The maximum absolute atomic E-state index is 13.4. The highest BCUT2D eigenvalue weighted by Gasteiger charge is 2.52. The van der Waals surface area contributed by atoms with Crippen molar-refractivity contribution in [1.29, 1.82) is 0 Å². The van der Waals surface area contributed by atoms with Crippen LogP contribution in [0, 0.1) is 11.4 Å². The number of hydrogen-bond donors (Lipinski definition) is 2. The molecule has 3 aliphatic carbocycles. The smallest absolute Gasteiger partial charge is 0.313 e. The summed E-state index contributed by atoms with van der Waals surface area (Å²) in [5.41, 5.74) is 11.2. The van der Waals surface area contributed by atoms with Gasteiger partial charge >= 0.3 is 5.97 Å². The van der Waals surface area contributed by atoms with E-state index in [0.717, 1.165) is 59.9 Å².